The number of esters is 1. The average Bonchev–Trinajstić information content (AvgIpc) is 2.37. The van der Waals surface area contributed by atoms with E-state index < -0.39 is 0 Å². The average molecular weight is 267 g/mol. The van der Waals surface area contributed by atoms with E-state index in [1.54, 1.807) is 30.3 Å². The normalized spacial score (nSPS) is 11.9. The molecular weight excluding hydrogens is 248 g/mol. The predicted molar refractivity (Wildman–Crippen MR) is 74.9 cm³/mol. The predicted octanol–water partition coefficient (Wildman–Crippen LogP) is 4.63. The van der Waals surface area contributed by atoms with Crippen molar-refractivity contribution < 1.29 is 9.53 Å². The fourth-order valence-corrected chi connectivity index (χ4v) is 1.81. The van der Waals surface area contributed by atoms with E-state index in [0.717, 1.165) is 19.3 Å². The minimum absolute atomic E-state index is 0.0990. The van der Waals surface area contributed by atoms with Crippen LogP contribution in [-0.2, 0) is 4.79 Å². The van der Waals surface area contributed by atoms with Crippen LogP contribution in [0.2, 0.25) is 5.02 Å². The van der Waals surface area contributed by atoms with Crippen LogP contribution in [-0.4, -0.2) is 5.97 Å². The first kappa shape index (κ1) is 14.8. The zero-order valence-electron chi connectivity index (χ0n) is 10.7. The summed E-state index contributed by atoms with van der Waals surface area (Å²) in [6.45, 7) is 5.79. The molecule has 1 rings (SSSR count). The third kappa shape index (κ3) is 4.92. The molecule has 0 saturated heterocycles. The molecule has 1 aromatic rings. The van der Waals surface area contributed by atoms with Crippen LogP contribution >= 0.6 is 11.6 Å². The van der Waals surface area contributed by atoms with Crippen molar-refractivity contribution in [3.8, 4) is 5.75 Å². The van der Waals surface area contributed by atoms with Gasteiger partial charge in [-0.3, -0.25) is 4.79 Å². The maximum Gasteiger partial charge on any atom is 0.314 e. The molecule has 0 spiro atoms. The Morgan fingerprint density at radius 2 is 2.11 bits per heavy atom. The van der Waals surface area contributed by atoms with Crippen molar-refractivity contribution in [3.63, 3.8) is 0 Å². The van der Waals surface area contributed by atoms with Gasteiger partial charge in [-0.1, -0.05) is 37.4 Å². The number of carbonyl (C=O) groups is 1. The number of benzene rings is 1. The third-order valence-corrected chi connectivity index (χ3v) is 2.97. The summed E-state index contributed by atoms with van der Waals surface area (Å²) in [5.74, 6) is 0.249. The van der Waals surface area contributed by atoms with Crippen LogP contribution in [0.3, 0.4) is 0 Å². The second-order valence-corrected chi connectivity index (χ2v) is 4.67. The van der Waals surface area contributed by atoms with Crippen LogP contribution in [0.15, 0.2) is 36.9 Å². The molecule has 1 aromatic carbocycles. The van der Waals surface area contributed by atoms with Crippen molar-refractivity contribution in [3.05, 3.63) is 41.9 Å². The molecular formula is C15H19ClO2. The van der Waals surface area contributed by atoms with Gasteiger partial charge < -0.3 is 4.74 Å². The van der Waals surface area contributed by atoms with Gasteiger partial charge in [0.25, 0.3) is 0 Å². The number of rotatable bonds is 7. The molecule has 0 bridgehead atoms. The summed E-state index contributed by atoms with van der Waals surface area (Å²) in [6.07, 6.45) is 5.36. The minimum Gasteiger partial charge on any atom is -0.426 e. The van der Waals surface area contributed by atoms with E-state index in [1.165, 1.54) is 0 Å². The van der Waals surface area contributed by atoms with Gasteiger partial charge in [0.1, 0.15) is 5.75 Å². The van der Waals surface area contributed by atoms with E-state index in [2.05, 4.69) is 13.5 Å². The minimum atomic E-state index is -0.189. The lowest BCUT2D eigenvalue weighted by Gasteiger charge is -2.13. The fraction of sp³-hybridized carbons (Fsp3) is 0.400. The molecule has 0 fully saturated rings. The summed E-state index contributed by atoms with van der Waals surface area (Å²) in [5, 5.41) is 0.628. The van der Waals surface area contributed by atoms with E-state index in [-0.39, 0.29) is 11.9 Å². The molecule has 1 atom stereocenters. The van der Waals surface area contributed by atoms with Gasteiger partial charge in [-0.2, -0.15) is 0 Å². The Hall–Kier alpha value is -1.28. The summed E-state index contributed by atoms with van der Waals surface area (Å²) >= 11 is 5.78. The second-order valence-electron chi connectivity index (χ2n) is 4.24. The van der Waals surface area contributed by atoms with Gasteiger partial charge in [-0.05, 0) is 37.1 Å². The highest BCUT2D eigenvalue weighted by Gasteiger charge is 2.18. The molecule has 0 aliphatic carbocycles. The maximum absolute atomic E-state index is 12.0. The van der Waals surface area contributed by atoms with E-state index in [9.17, 15) is 4.79 Å². The van der Waals surface area contributed by atoms with Gasteiger partial charge >= 0.3 is 5.97 Å². The van der Waals surface area contributed by atoms with Gasteiger partial charge in [0.05, 0.1) is 5.92 Å². The van der Waals surface area contributed by atoms with Gasteiger partial charge in [-0.25, -0.2) is 0 Å². The number of ether oxygens (including phenoxy) is 1. The first-order valence-electron chi connectivity index (χ1n) is 6.25. The molecule has 0 N–H and O–H groups in total. The molecule has 0 heterocycles. The van der Waals surface area contributed by atoms with Crippen LogP contribution < -0.4 is 4.74 Å². The van der Waals surface area contributed by atoms with E-state index >= 15 is 0 Å². The molecule has 3 heteroatoms. The SMILES string of the molecule is C=CCC(CCCC)C(=O)Oc1ccc(Cl)cc1. The second kappa shape index (κ2) is 7.93. The van der Waals surface area contributed by atoms with Crippen LogP contribution in [0.1, 0.15) is 32.6 Å². The zero-order valence-corrected chi connectivity index (χ0v) is 11.5. The standard InChI is InChI=1S/C15H19ClO2/c1-3-5-7-12(6-4-2)15(17)18-14-10-8-13(16)9-11-14/h4,8-12H,2-3,5-7H2,1H3. The summed E-state index contributed by atoms with van der Waals surface area (Å²) in [6, 6.07) is 6.81. The number of hydrogen-bond acceptors (Lipinski definition) is 2. The highest BCUT2D eigenvalue weighted by Crippen LogP contribution is 2.20. The Bertz CT molecular complexity index is 384. The quantitative estimate of drug-likeness (QED) is 0.409. The fourth-order valence-electron chi connectivity index (χ4n) is 1.69. The summed E-state index contributed by atoms with van der Waals surface area (Å²) in [5.41, 5.74) is 0. The highest BCUT2D eigenvalue weighted by molar-refractivity contribution is 6.30. The summed E-state index contributed by atoms with van der Waals surface area (Å²) in [7, 11) is 0. The molecule has 0 saturated carbocycles. The zero-order chi connectivity index (χ0) is 13.4. The molecule has 0 amide bonds. The van der Waals surface area contributed by atoms with Gasteiger partial charge in [0.15, 0.2) is 0 Å². The van der Waals surface area contributed by atoms with Crippen molar-refractivity contribution in [2.24, 2.45) is 5.92 Å². The molecule has 0 aliphatic heterocycles. The van der Waals surface area contributed by atoms with Crippen LogP contribution in [0.25, 0.3) is 0 Å². The van der Waals surface area contributed by atoms with Crippen LogP contribution in [0, 0.1) is 5.92 Å². The number of allylic oxidation sites excluding steroid dienone is 1. The molecule has 2 nitrogen and oxygen atoms in total. The van der Waals surface area contributed by atoms with Crippen LogP contribution in [0.5, 0.6) is 5.75 Å². The Balaban J connectivity index is 2.59. The third-order valence-electron chi connectivity index (χ3n) is 2.72. The number of halogens is 1. The molecule has 0 aliphatic rings. The van der Waals surface area contributed by atoms with Gasteiger partial charge in [0, 0.05) is 5.02 Å². The van der Waals surface area contributed by atoms with Crippen molar-refractivity contribution in [2.45, 2.75) is 32.6 Å². The molecule has 98 valence electrons. The van der Waals surface area contributed by atoms with E-state index in [1.807, 2.05) is 0 Å². The number of carbonyl (C=O) groups excluding carboxylic acids is 1. The number of hydrogen-bond donors (Lipinski definition) is 0. The van der Waals surface area contributed by atoms with Gasteiger partial charge in [-0.15, -0.1) is 6.58 Å². The smallest absolute Gasteiger partial charge is 0.314 e. The van der Waals surface area contributed by atoms with Crippen LogP contribution in [0.4, 0.5) is 0 Å². The Morgan fingerprint density at radius 3 is 2.67 bits per heavy atom. The molecule has 18 heavy (non-hydrogen) atoms. The maximum atomic E-state index is 12.0. The van der Waals surface area contributed by atoms with Crippen molar-refractivity contribution in [1.29, 1.82) is 0 Å². The highest BCUT2D eigenvalue weighted by atomic mass is 35.5. The van der Waals surface area contributed by atoms with Crippen molar-refractivity contribution in [2.75, 3.05) is 0 Å². The molecule has 0 radical (unpaired) electrons. The first-order valence-corrected chi connectivity index (χ1v) is 6.63. The van der Waals surface area contributed by atoms with Crippen molar-refractivity contribution in [1.82, 2.24) is 0 Å². The molecule has 0 aromatic heterocycles. The lowest BCUT2D eigenvalue weighted by atomic mass is 9.99. The van der Waals surface area contributed by atoms with Crippen molar-refractivity contribution >= 4 is 17.6 Å². The number of unbranched alkanes of at least 4 members (excludes halogenated alkanes) is 1. The molecule has 1 unspecified atom stereocenters. The lowest BCUT2D eigenvalue weighted by molar-refractivity contribution is -0.139. The largest absolute Gasteiger partial charge is 0.426 e. The van der Waals surface area contributed by atoms with E-state index in [4.69, 9.17) is 16.3 Å². The summed E-state index contributed by atoms with van der Waals surface area (Å²) < 4.78 is 5.34. The van der Waals surface area contributed by atoms with Gasteiger partial charge in [0.2, 0.25) is 0 Å². The Kier molecular flexibility index (Phi) is 6.51. The topological polar surface area (TPSA) is 26.3 Å². The van der Waals surface area contributed by atoms with E-state index in [0.29, 0.717) is 17.2 Å². The lowest BCUT2D eigenvalue weighted by Crippen LogP contribution is -2.20. The Labute approximate surface area is 114 Å². The first-order chi connectivity index (χ1) is 8.67. The monoisotopic (exact) mass is 266 g/mol. The Morgan fingerprint density at radius 1 is 1.44 bits per heavy atom. The summed E-state index contributed by atoms with van der Waals surface area (Å²) in [4.78, 5) is 12.0.